The van der Waals surface area contributed by atoms with Gasteiger partial charge in [-0.25, -0.2) is 4.39 Å². The number of nitro benzene ring substituents is 1. The summed E-state index contributed by atoms with van der Waals surface area (Å²) in [5.74, 6) is -0.958. The molecule has 0 unspecified atom stereocenters. The summed E-state index contributed by atoms with van der Waals surface area (Å²) in [6, 6.07) is 1.85. The molecule has 0 spiro atoms. The van der Waals surface area contributed by atoms with Crippen LogP contribution < -0.4 is 11.1 Å². The third kappa shape index (κ3) is 3.48. The molecule has 1 aromatic rings. The van der Waals surface area contributed by atoms with Gasteiger partial charge in [0.2, 0.25) is 0 Å². The van der Waals surface area contributed by atoms with Crippen LogP contribution in [0.3, 0.4) is 0 Å². The van der Waals surface area contributed by atoms with Gasteiger partial charge >= 0.3 is 0 Å². The van der Waals surface area contributed by atoms with Gasteiger partial charge in [-0.1, -0.05) is 25.7 Å². The van der Waals surface area contributed by atoms with E-state index in [1.807, 2.05) is 0 Å². The summed E-state index contributed by atoms with van der Waals surface area (Å²) in [5.41, 5.74) is 4.20. The van der Waals surface area contributed by atoms with Gasteiger partial charge in [0.05, 0.1) is 4.92 Å². The highest BCUT2D eigenvalue weighted by Crippen LogP contribution is 2.28. The van der Waals surface area contributed by atoms with Crippen molar-refractivity contribution in [2.24, 2.45) is 5.92 Å². The maximum atomic E-state index is 13.7. The van der Waals surface area contributed by atoms with Crippen LogP contribution in [0.4, 0.5) is 15.8 Å². The molecule has 0 saturated heterocycles. The fourth-order valence-electron chi connectivity index (χ4n) is 2.75. The van der Waals surface area contributed by atoms with Crippen molar-refractivity contribution in [2.75, 3.05) is 12.3 Å². The lowest BCUT2D eigenvalue weighted by atomic mass is 10.0. The number of nitrogens with one attached hydrogen (secondary N) is 1. The monoisotopic (exact) mass is 295 g/mol. The number of nitrogens with two attached hydrogens (primary N) is 1. The molecule has 1 aliphatic carbocycles. The molecule has 21 heavy (non-hydrogen) atoms. The Morgan fingerprint density at radius 3 is 2.71 bits per heavy atom. The number of hydrogen-bond donors (Lipinski definition) is 2. The second-order valence-corrected chi connectivity index (χ2v) is 5.31. The standard InChI is InChI=1S/C14H18FN3O3/c15-10-5-6-11(18(20)21)13(16)12(10)14(19)17-8-7-9-3-1-2-4-9/h5-6,9H,1-4,7-8,16H2,(H,17,19). The number of carbonyl (C=O) groups is 1. The fourth-order valence-corrected chi connectivity index (χ4v) is 2.75. The number of halogens is 1. The summed E-state index contributed by atoms with van der Waals surface area (Å²) in [7, 11) is 0. The third-order valence-electron chi connectivity index (χ3n) is 3.91. The molecule has 114 valence electrons. The van der Waals surface area contributed by atoms with E-state index >= 15 is 0 Å². The van der Waals surface area contributed by atoms with Crippen LogP contribution in [0.1, 0.15) is 42.5 Å². The first-order chi connectivity index (χ1) is 10.0. The van der Waals surface area contributed by atoms with E-state index in [9.17, 15) is 19.3 Å². The molecular weight excluding hydrogens is 277 g/mol. The molecule has 1 amide bonds. The largest absolute Gasteiger partial charge is 0.392 e. The van der Waals surface area contributed by atoms with Crippen molar-refractivity contribution in [3.05, 3.63) is 33.6 Å². The first kappa shape index (κ1) is 15.2. The molecule has 0 radical (unpaired) electrons. The lowest BCUT2D eigenvalue weighted by Crippen LogP contribution is -2.27. The molecule has 0 heterocycles. The van der Waals surface area contributed by atoms with E-state index in [1.165, 1.54) is 12.8 Å². The van der Waals surface area contributed by atoms with Crippen molar-refractivity contribution in [1.82, 2.24) is 5.32 Å². The molecule has 6 nitrogen and oxygen atoms in total. The van der Waals surface area contributed by atoms with Gasteiger partial charge in [0.25, 0.3) is 11.6 Å². The molecule has 1 aromatic carbocycles. The van der Waals surface area contributed by atoms with Crippen molar-refractivity contribution >= 4 is 17.3 Å². The van der Waals surface area contributed by atoms with Crippen LogP contribution in [0.15, 0.2) is 12.1 Å². The minimum Gasteiger partial charge on any atom is -0.392 e. The molecule has 7 heteroatoms. The minimum atomic E-state index is -0.850. The lowest BCUT2D eigenvalue weighted by molar-refractivity contribution is -0.384. The Bertz CT molecular complexity index is 557. The summed E-state index contributed by atoms with van der Waals surface area (Å²) >= 11 is 0. The third-order valence-corrected chi connectivity index (χ3v) is 3.91. The number of nitrogen functional groups attached to an aromatic ring is 1. The number of carbonyl (C=O) groups excluding carboxylic acids is 1. The number of hydrogen-bond acceptors (Lipinski definition) is 4. The molecular formula is C14H18FN3O3. The Balaban J connectivity index is 2.04. The number of nitro groups is 1. The van der Waals surface area contributed by atoms with Crippen LogP contribution in [0.5, 0.6) is 0 Å². The van der Waals surface area contributed by atoms with E-state index in [0.717, 1.165) is 31.4 Å². The van der Waals surface area contributed by atoms with E-state index in [-0.39, 0.29) is 0 Å². The first-order valence-electron chi connectivity index (χ1n) is 7.01. The Morgan fingerprint density at radius 2 is 2.10 bits per heavy atom. The van der Waals surface area contributed by atoms with Crippen LogP contribution in [0.25, 0.3) is 0 Å². The number of anilines is 1. The van der Waals surface area contributed by atoms with Gasteiger partial charge in [-0.15, -0.1) is 0 Å². The van der Waals surface area contributed by atoms with Gasteiger partial charge in [0.15, 0.2) is 0 Å². The molecule has 0 bridgehead atoms. The molecule has 1 aliphatic rings. The van der Waals surface area contributed by atoms with Gasteiger partial charge in [-0.3, -0.25) is 14.9 Å². The van der Waals surface area contributed by atoms with Crippen LogP contribution in [0, 0.1) is 21.8 Å². The zero-order valence-corrected chi connectivity index (χ0v) is 11.6. The van der Waals surface area contributed by atoms with E-state index in [2.05, 4.69) is 5.32 Å². The molecule has 1 saturated carbocycles. The molecule has 1 fully saturated rings. The van der Waals surface area contributed by atoms with E-state index < -0.39 is 33.6 Å². The van der Waals surface area contributed by atoms with Crippen molar-refractivity contribution in [1.29, 1.82) is 0 Å². The lowest BCUT2D eigenvalue weighted by Gasteiger charge is -2.11. The first-order valence-corrected chi connectivity index (χ1v) is 7.01. The van der Waals surface area contributed by atoms with Gasteiger partial charge in [-0.05, 0) is 18.4 Å². The second kappa shape index (κ2) is 6.51. The van der Waals surface area contributed by atoms with Gasteiger partial charge in [0.1, 0.15) is 17.1 Å². The minimum absolute atomic E-state index is 0.422. The van der Waals surface area contributed by atoms with Crippen LogP contribution >= 0.6 is 0 Å². The van der Waals surface area contributed by atoms with Crippen molar-refractivity contribution in [3.63, 3.8) is 0 Å². The van der Waals surface area contributed by atoms with Crippen molar-refractivity contribution < 1.29 is 14.1 Å². The predicted octanol–water partition coefficient (Wildman–Crippen LogP) is 2.63. The maximum Gasteiger partial charge on any atom is 0.293 e. The number of benzene rings is 1. The predicted molar refractivity (Wildman–Crippen MR) is 76.4 cm³/mol. The fraction of sp³-hybridized carbons (Fsp3) is 0.500. The van der Waals surface area contributed by atoms with E-state index in [0.29, 0.717) is 12.5 Å². The van der Waals surface area contributed by atoms with Crippen molar-refractivity contribution in [3.8, 4) is 0 Å². The topological polar surface area (TPSA) is 98.3 Å². The molecule has 0 atom stereocenters. The van der Waals surface area contributed by atoms with Crippen LogP contribution in [-0.2, 0) is 0 Å². The average molecular weight is 295 g/mol. The molecule has 0 aliphatic heterocycles. The van der Waals surface area contributed by atoms with Crippen molar-refractivity contribution in [2.45, 2.75) is 32.1 Å². The number of rotatable bonds is 5. The Kier molecular flexibility index (Phi) is 4.72. The summed E-state index contributed by atoms with van der Waals surface area (Å²) in [6.07, 6.45) is 5.57. The summed E-state index contributed by atoms with van der Waals surface area (Å²) < 4.78 is 13.7. The molecule has 2 rings (SSSR count). The summed E-state index contributed by atoms with van der Waals surface area (Å²) in [4.78, 5) is 22.0. The van der Waals surface area contributed by atoms with Gasteiger partial charge < -0.3 is 11.1 Å². The smallest absolute Gasteiger partial charge is 0.293 e. The van der Waals surface area contributed by atoms with E-state index in [1.54, 1.807) is 0 Å². The quantitative estimate of drug-likeness (QED) is 0.495. The van der Waals surface area contributed by atoms with Gasteiger partial charge in [0, 0.05) is 12.6 Å². The molecule has 0 aromatic heterocycles. The average Bonchev–Trinajstić information content (AvgIpc) is 2.91. The normalized spacial score (nSPS) is 15.1. The van der Waals surface area contributed by atoms with Crippen LogP contribution in [0.2, 0.25) is 0 Å². The highest BCUT2D eigenvalue weighted by atomic mass is 19.1. The summed E-state index contributed by atoms with van der Waals surface area (Å²) in [6.45, 7) is 0.422. The Labute approximate surface area is 121 Å². The highest BCUT2D eigenvalue weighted by Gasteiger charge is 2.24. The Morgan fingerprint density at radius 1 is 1.43 bits per heavy atom. The van der Waals surface area contributed by atoms with Gasteiger partial charge in [-0.2, -0.15) is 0 Å². The summed E-state index contributed by atoms with van der Waals surface area (Å²) in [5, 5.41) is 13.4. The van der Waals surface area contributed by atoms with Crippen LogP contribution in [-0.4, -0.2) is 17.4 Å². The maximum absolute atomic E-state index is 13.7. The SMILES string of the molecule is Nc1c([N+](=O)[O-])ccc(F)c1C(=O)NCCC1CCCC1. The Hall–Kier alpha value is -2.18. The zero-order valence-electron chi connectivity index (χ0n) is 11.6. The highest BCUT2D eigenvalue weighted by molar-refractivity contribution is 6.01. The van der Waals surface area contributed by atoms with E-state index in [4.69, 9.17) is 5.73 Å². The zero-order chi connectivity index (χ0) is 15.4. The molecule has 3 N–H and O–H groups in total. The number of amides is 1. The second-order valence-electron chi connectivity index (χ2n) is 5.31. The number of nitrogens with zero attached hydrogens (tertiary/aromatic N) is 1.